The summed E-state index contributed by atoms with van der Waals surface area (Å²) in [7, 11) is 4.09. The number of aryl methyl sites for hydroxylation is 1. The summed E-state index contributed by atoms with van der Waals surface area (Å²) in [4.78, 5) is 38.7. The lowest BCUT2D eigenvalue weighted by Crippen LogP contribution is -2.53. The summed E-state index contributed by atoms with van der Waals surface area (Å²) in [6.07, 6.45) is 4.43. The van der Waals surface area contributed by atoms with Crippen molar-refractivity contribution in [3.05, 3.63) is 144 Å². The number of nitrogens with zero attached hydrogens (tertiary/aromatic N) is 6. The lowest BCUT2D eigenvalue weighted by molar-refractivity contribution is 0.0535. The Bertz CT molecular complexity index is 2790. The van der Waals surface area contributed by atoms with E-state index in [-0.39, 0.29) is 24.4 Å². The van der Waals surface area contributed by atoms with Crippen molar-refractivity contribution < 1.29 is 28.6 Å². The number of ether oxygens (including phenoxy) is 2. The number of hydrogen-bond acceptors (Lipinski definition) is 7. The smallest absolute Gasteiger partial charge is 0.265 e. The fraction of sp³-hybridized carbons (Fsp3) is 0.234. The summed E-state index contributed by atoms with van der Waals surface area (Å²) in [5.41, 5.74) is 6.10. The molecule has 7 aromatic rings. The van der Waals surface area contributed by atoms with Crippen LogP contribution in [0.1, 0.15) is 31.8 Å². The van der Waals surface area contributed by atoms with Crippen molar-refractivity contribution in [2.75, 3.05) is 51.5 Å². The SMILES string of the molecule is CN1CCN(C[C@@H]2Cc3ccccc3CN2C(=O)c2cc3c(cc2-n2cc(C(=O)N(c4ccc(O)c(F)c4)c4ccc5c(ccn5C)c4)c4ccccc42)OCO3)CC1. The average molecular weight is 791 g/mol. The maximum atomic E-state index is 15.3. The predicted molar refractivity (Wildman–Crippen MR) is 225 cm³/mol. The lowest BCUT2D eigenvalue weighted by Gasteiger charge is -2.41. The minimum Gasteiger partial charge on any atom is -0.505 e. The van der Waals surface area contributed by atoms with E-state index in [1.54, 1.807) is 12.3 Å². The topological polar surface area (TPSA) is 95.7 Å². The summed E-state index contributed by atoms with van der Waals surface area (Å²) in [5.74, 6) is -0.950. The molecular weight excluding hydrogens is 748 g/mol. The number of likely N-dealkylation sites (N-methyl/N-ethyl adjacent to an activating group) is 1. The Morgan fingerprint density at radius 3 is 2.34 bits per heavy atom. The second-order valence-electron chi connectivity index (χ2n) is 15.8. The average Bonchev–Trinajstić information content (AvgIpc) is 3.98. The Kier molecular flexibility index (Phi) is 9.10. The van der Waals surface area contributed by atoms with Gasteiger partial charge in [-0.25, -0.2) is 4.39 Å². The van der Waals surface area contributed by atoms with Gasteiger partial charge in [0.15, 0.2) is 23.1 Å². The fourth-order valence-electron chi connectivity index (χ4n) is 8.87. The molecule has 1 fully saturated rings. The number of para-hydroxylation sites is 1. The van der Waals surface area contributed by atoms with Gasteiger partial charge >= 0.3 is 0 Å². The monoisotopic (exact) mass is 790 g/mol. The minimum absolute atomic E-state index is 0.0234. The molecule has 0 unspecified atom stereocenters. The molecule has 3 aliphatic rings. The number of carbonyl (C=O) groups excluding carboxylic acids is 2. The van der Waals surface area contributed by atoms with E-state index in [0.29, 0.717) is 51.4 Å². The van der Waals surface area contributed by atoms with Gasteiger partial charge in [-0.15, -0.1) is 0 Å². The van der Waals surface area contributed by atoms with Crippen molar-refractivity contribution >= 4 is 45.0 Å². The van der Waals surface area contributed by atoms with Crippen molar-refractivity contribution in [1.82, 2.24) is 23.8 Å². The molecule has 11 nitrogen and oxygen atoms in total. The van der Waals surface area contributed by atoms with Crippen LogP contribution < -0.4 is 14.4 Å². The molecule has 0 spiro atoms. The molecule has 5 aromatic carbocycles. The zero-order valence-corrected chi connectivity index (χ0v) is 32.8. The molecule has 2 aromatic heterocycles. The van der Waals surface area contributed by atoms with Gasteiger partial charge in [0.2, 0.25) is 6.79 Å². The Morgan fingerprint density at radius 1 is 0.797 bits per heavy atom. The maximum Gasteiger partial charge on any atom is 0.265 e. The number of phenols is 1. The summed E-state index contributed by atoms with van der Waals surface area (Å²) in [5, 5.41) is 11.7. The number of phenolic OH excluding ortho intramolecular Hbond substituents is 1. The molecule has 0 radical (unpaired) electrons. The van der Waals surface area contributed by atoms with Gasteiger partial charge in [0, 0.05) is 98.9 Å². The highest BCUT2D eigenvalue weighted by molar-refractivity contribution is 6.18. The number of aromatic hydroxyl groups is 1. The number of rotatable bonds is 7. The van der Waals surface area contributed by atoms with Gasteiger partial charge in [0.25, 0.3) is 11.8 Å². The molecule has 1 atom stereocenters. The Hall–Kier alpha value is -6.63. The van der Waals surface area contributed by atoms with Crippen molar-refractivity contribution in [2.24, 2.45) is 7.05 Å². The van der Waals surface area contributed by atoms with E-state index in [9.17, 15) is 5.11 Å². The molecule has 298 valence electrons. The zero-order chi connectivity index (χ0) is 40.4. The van der Waals surface area contributed by atoms with E-state index in [4.69, 9.17) is 9.47 Å². The Balaban J connectivity index is 1.10. The first-order valence-electron chi connectivity index (χ1n) is 19.9. The fourth-order valence-corrected chi connectivity index (χ4v) is 8.87. The molecule has 5 heterocycles. The largest absolute Gasteiger partial charge is 0.505 e. The third-order valence-electron chi connectivity index (χ3n) is 12.1. The number of fused-ring (bicyclic) bond motifs is 4. The normalized spacial score (nSPS) is 16.8. The standard InChI is InChI=1S/C47H43FN6O5/c1-49-17-19-51(20-18-49)27-35-21-30-7-3-4-8-32(30)26-52(35)46(56)37-24-44-45(59-29-58-44)25-42(37)53-28-38(36-9-5-6-10-41(36)53)47(57)54(34-12-14-43(55)39(48)23-34)33-11-13-40-31(22-33)15-16-50(40)2/h3-16,22-25,28,35,55H,17-21,26-27,29H2,1-2H3/t35-/m0/s1. The number of hydrogen-bond donors (Lipinski definition) is 1. The van der Waals surface area contributed by atoms with Crippen LogP contribution in [0.4, 0.5) is 15.8 Å². The van der Waals surface area contributed by atoms with Gasteiger partial charge in [0.1, 0.15) is 0 Å². The van der Waals surface area contributed by atoms with E-state index in [2.05, 4.69) is 35.0 Å². The molecule has 2 amide bonds. The van der Waals surface area contributed by atoms with Crippen LogP contribution in [0.5, 0.6) is 17.2 Å². The lowest BCUT2D eigenvalue weighted by atomic mass is 9.92. The Morgan fingerprint density at radius 2 is 1.53 bits per heavy atom. The van der Waals surface area contributed by atoms with Crippen LogP contribution in [0.2, 0.25) is 0 Å². The van der Waals surface area contributed by atoms with Gasteiger partial charge in [-0.2, -0.15) is 0 Å². The first-order valence-corrected chi connectivity index (χ1v) is 19.9. The van der Waals surface area contributed by atoms with Gasteiger partial charge in [-0.3, -0.25) is 19.4 Å². The number of anilines is 2. The highest BCUT2D eigenvalue weighted by Gasteiger charge is 2.35. The Labute approximate surface area is 340 Å². The van der Waals surface area contributed by atoms with Gasteiger partial charge in [-0.1, -0.05) is 42.5 Å². The summed E-state index contributed by atoms with van der Waals surface area (Å²) >= 11 is 0. The van der Waals surface area contributed by atoms with Crippen molar-refractivity contribution in [3.8, 4) is 22.9 Å². The molecule has 1 saturated heterocycles. The maximum absolute atomic E-state index is 15.3. The minimum atomic E-state index is -0.849. The van der Waals surface area contributed by atoms with E-state index < -0.39 is 17.5 Å². The molecule has 3 aliphatic heterocycles. The van der Waals surface area contributed by atoms with Crippen molar-refractivity contribution in [3.63, 3.8) is 0 Å². The summed E-state index contributed by atoms with van der Waals surface area (Å²) in [6, 6.07) is 30.9. The molecule has 1 N–H and O–H groups in total. The molecule has 0 aliphatic carbocycles. The van der Waals surface area contributed by atoms with E-state index in [1.807, 2.05) is 87.9 Å². The van der Waals surface area contributed by atoms with Crippen LogP contribution in [0, 0.1) is 5.82 Å². The number of piperazine rings is 1. The molecule has 0 bridgehead atoms. The van der Waals surface area contributed by atoms with Crippen LogP contribution in [-0.2, 0) is 20.0 Å². The number of benzene rings is 5. The van der Waals surface area contributed by atoms with Gasteiger partial charge < -0.3 is 33.5 Å². The summed E-state index contributed by atoms with van der Waals surface area (Å²) in [6.45, 7) is 5.06. The van der Waals surface area contributed by atoms with Crippen LogP contribution in [0.3, 0.4) is 0 Å². The number of amides is 2. The number of aromatic nitrogens is 2. The second-order valence-corrected chi connectivity index (χ2v) is 15.8. The van der Waals surface area contributed by atoms with Crippen LogP contribution in [-0.4, -0.2) is 93.4 Å². The van der Waals surface area contributed by atoms with E-state index in [0.717, 1.165) is 61.7 Å². The third-order valence-corrected chi connectivity index (χ3v) is 12.1. The highest BCUT2D eigenvalue weighted by Crippen LogP contribution is 2.41. The predicted octanol–water partition coefficient (Wildman–Crippen LogP) is 7.49. The third kappa shape index (κ3) is 6.54. The van der Waals surface area contributed by atoms with Crippen LogP contribution in [0.25, 0.3) is 27.5 Å². The zero-order valence-electron chi connectivity index (χ0n) is 32.8. The summed E-state index contributed by atoms with van der Waals surface area (Å²) < 4.78 is 30.7. The van der Waals surface area contributed by atoms with Crippen molar-refractivity contribution in [1.29, 1.82) is 0 Å². The van der Waals surface area contributed by atoms with Gasteiger partial charge in [0.05, 0.1) is 28.0 Å². The van der Waals surface area contributed by atoms with Crippen LogP contribution >= 0.6 is 0 Å². The number of carbonyl (C=O) groups is 2. The molecule has 0 saturated carbocycles. The molecular formula is C47H43FN6O5. The van der Waals surface area contributed by atoms with Crippen molar-refractivity contribution in [2.45, 2.75) is 19.0 Å². The first-order chi connectivity index (χ1) is 28.7. The molecule has 59 heavy (non-hydrogen) atoms. The van der Waals surface area contributed by atoms with Gasteiger partial charge in [-0.05, 0) is 73.1 Å². The first kappa shape index (κ1) is 36.7. The van der Waals surface area contributed by atoms with E-state index >= 15 is 14.0 Å². The van der Waals surface area contributed by atoms with Crippen LogP contribution in [0.15, 0.2) is 116 Å². The second kappa shape index (κ2) is 14.6. The quantitative estimate of drug-likeness (QED) is 0.179. The number of halogens is 1. The molecule has 10 rings (SSSR count). The van der Waals surface area contributed by atoms with E-state index in [1.165, 1.54) is 22.6 Å². The molecule has 12 heteroatoms. The highest BCUT2D eigenvalue weighted by atomic mass is 19.1.